The van der Waals surface area contributed by atoms with Crippen LogP contribution in [-0.4, -0.2) is 80.0 Å². The molecule has 8 heteroatoms. The Morgan fingerprint density at radius 1 is 0.756 bits per heavy atom. The first-order chi connectivity index (χ1) is 22.1. The topological polar surface area (TPSA) is 68.4 Å². The Bertz CT molecular complexity index is 1590. The van der Waals surface area contributed by atoms with Crippen LogP contribution in [0.15, 0.2) is 115 Å². The highest BCUT2D eigenvalue weighted by atomic mass is 16.5. The van der Waals surface area contributed by atoms with E-state index in [9.17, 15) is 9.59 Å². The van der Waals surface area contributed by atoms with Gasteiger partial charge in [0, 0.05) is 80.7 Å². The number of ketones is 1. The van der Waals surface area contributed by atoms with Crippen LogP contribution in [0.4, 0.5) is 17.1 Å². The van der Waals surface area contributed by atoms with E-state index in [4.69, 9.17) is 4.74 Å². The van der Waals surface area contributed by atoms with E-state index >= 15 is 0 Å². The second kappa shape index (κ2) is 13.1. The van der Waals surface area contributed by atoms with Gasteiger partial charge in [-0.2, -0.15) is 0 Å². The van der Waals surface area contributed by atoms with Gasteiger partial charge >= 0.3 is 0 Å². The van der Waals surface area contributed by atoms with Gasteiger partial charge in [0.2, 0.25) is 5.78 Å². The lowest BCUT2D eigenvalue weighted by Crippen LogP contribution is -2.46. The Hall–Kier alpha value is -4.66. The molecule has 4 aliphatic heterocycles. The number of hydrogen-bond acceptors (Lipinski definition) is 7. The predicted octanol–water partition coefficient (Wildman–Crippen LogP) is 4.79. The van der Waals surface area contributed by atoms with Crippen LogP contribution in [0, 0.1) is 0 Å². The molecular weight excluding hydrogens is 562 g/mol. The minimum absolute atomic E-state index is 0.207. The van der Waals surface area contributed by atoms with Crippen molar-refractivity contribution in [2.24, 2.45) is 0 Å². The average molecular weight is 602 g/mol. The molecule has 45 heavy (non-hydrogen) atoms. The number of nitrogens with zero attached hydrogens (tertiary/aromatic N) is 4. The van der Waals surface area contributed by atoms with E-state index < -0.39 is 17.7 Å². The zero-order valence-corrected chi connectivity index (χ0v) is 25.4. The highest BCUT2D eigenvalue weighted by Crippen LogP contribution is 2.37. The third-order valence-corrected chi connectivity index (χ3v) is 9.17. The second-order valence-electron chi connectivity index (χ2n) is 12.0. The number of fused-ring (bicyclic) bond motifs is 1. The van der Waals surface area contributed by atoms with E-state index in [-0.39, 0.29) is 5.92 Å². The third kappa shape index (κ3) is 6.43. The third-order valence-electron chi connectivity index (χ3n) is 9.17. The molecule has 2 atom stereocenters. The number of hydrogen-bond donors (Lipinski definition) is 1. The number of nitrogens with one attached hydrogen (secondary N) is 1. The van der Waals surface area contributed by atoms with Crippen molar-refractivity contribution < 1.29 is 14.3 Å². The number of amides is 1. The van der Waals surface area contributed by atoms with Gasteiger partial charge < -0.3 is 24.8 Å². The van der Waals surface area contributed by atoms with Gasteiger partial charge in [-0.25, -0.2) is 0 Å². The van der Waals surface area contributed by atoms with E-state index in [0.29, 0.717) is 5.69 Å². The Kier molecular flexibility index (Phi) is 8.49. The maximum Gasteiger partial charge on any atom is 0.294 e. The summed E-state index contributed by atoms with van der Waals surface area (Å²) >= 11 is 0. The Morgan fingerprint density at radius 2 is 1.40 bits per heavy atom. The zero-order valence-electron chi connectivity index (χ0n) is 25.4. The van der Waals surface area contributed by atoms with Crippen LogP contribution in [0.1, 0.15) is 17.0 Å². The largest absolute Gasteiger partial charge is 0.379 e. The fourth-order valence-electron chi connectivity index (χ4n) is 6.69. The van der Waals surface area contributed by atoms with Crippen LogP contribution in [0.25, 0.3) is 0 Å². The molecule has 1 amide bonds. The van der Waals surface area contributed by atoms with Gasteiger partial charge in [-0.3, -0.25) is 14.5 Å². The summed E-state index contributed by atoms with van der Waals surface area (Å²) in [6, 6.07) is 26.1. The molecule has 0 bridgehead atoms. The monoisotopic (exact) mass is 601 g/mol. The number of allylic oxidation sites excluding steroid dienone is 3. The number of morpholine rings is 1. The Morgan fingerprint density at radius 3 is 2.07 bits per heavy atom. The number of ether oxygens (including phenoxy) is 1. The summed E-state index contributed by atoms with van der Waals surface area (Å²) < 4.78 is 5.47. The molecule has 8 nitrogen and oxygen atoms in total. The molecule has 0 aliphatic carbocycles. The molecule has 2 fully saturated rings. The summed E-state index contributed by atoms with van der Waals surface area (Å²) in [5.74, 6) is -1.26. The van der Waals surface area contributed by atoms with Crippen molar-refractivity contribution in [1.82, 2.24) is 9.80 Å². The van der Waals surface area contributed by atoms with Crippen molar-refractivity contribution in [1.29, 1.82) is 0 Å². The molecule has 4 heterocycles. The number of carbonyl (C=O) groups excluding carboxylic acids is 2. The molecular formula is C37H39N5O3. The minimum atomic E-state index is -0.625. The average Bonchev–Trinajstić information content (AvgIpc) is 3.49. The highest BCUT2D eigenvalue weighted by Gasteiger charge is 2.41. The Balaban J connectivity index is 0.936. The van der Waals surface area contributed by atoms with Crippen LogP contribution < -0.4 is 15.1 Å². The first kappa shape index (κ1) is 29.1. The summed E-state index contributed by atoms with van der Waals surface area (Å²) in [6.45, 7) is 8.32. The van der Waals surface area contributed by atoms with Crippen molar-refractivity contribution in [2.75, 3.05) is 67.6 Å². The number of Topliss-reactive ketones (excluding diaryl/α,β-unsaturated/α-hetero) is 1. The smallest absolute Gasteiger partial charge is 0.294 e. The summed E-state index contributed by atoms with van der Waals surface area (Å²) in [5.41, 5.74) is 6.27. The fourth-order valence-corrected chi connectivity index (χ4v) is 6.69. The van der Waals surface area contributed by atoms with E-state index in [0.717, 1.165) is 76.0 Å². The molecule has 2 unspecified atom stereocenters. The first-order valence-corrected chi connectivity index (χ1v) is 15.9. The molecule has 4 aliphatic rings. The SMILES string of the molecule is O=C(Nc1ccc(N2CCN(c3ccc(CN4CCOCC4)cc3)CC2)cc1)C(=O)C1C(c2ccccc2)C=C2C=CC=CN21. The van der Waals surface area contributed by atoms with Crippen LogP contribution in [0.3, 0.4) is 0 Å². The van der Waals surface area contributed by atoms with Crippen LogP contribution in [0.5, 0.6) is 0 Å². The van der Waals surface area contributed by atoms with Gasteiger partial charge in [0.05, 0.1) is 13.2 Å². The quantitative estimate of drug-likeness (QED) is 0.373. The number of piperazine rings is 1. The molecule has 2 saturated heterocycles. The van der Waals surface area contributed by atoms with Crippen molar-refractivity contribution in [3.63, 3.8) is 0 Å². The van der Waals surface area contributed by atoms with E-state index in [1.54, 1.807) is 0 Å². The standard InChI is InChI=1S/C37H39N5O3/c43-36(35-34(29-6-2-1-3-7-29)26-33-8-4-5-17-42(33)35)37(44)38-30-11-15-32(16-12-30)41-20-18-40(19-21-41)31-13-9-28(10-14-31)27-39-22-24-45-25-23-39/h1-17,26,34-35H,18-25,27H2,(H,38,44). The van der Waals surface area contributed by atoms with Gasteiger partial charge in [-0.05, 0) is 59.7 Å². The maximum atomic E-state index is 13.6. The van der Waals surface area contributed by atoms with Gasteiger partial charge in [0.1, 0.15) is 6.04 Å². The fraction of sp³-hybridized carbons (Fsp3) is 0.297. The van der Waals surface area contributed by atoms with Crippen molar-refractivity contribution in [3.05, 3.63) is 126 Å². The molecule has 0 aromatic heterocycles. The summed E-state index contributed by atoms with van der Waals surface area (Å²) in [6.07, 6.45) is 9.76. The van der Waals surface area contributed by atoms with Crippen LogP contribution in [-0.2, 0) is 20.9 Å². The molecule has 3 aromatic rings. The molecule has 3 aromatic carbocycles. The van der Waals surface area contributed by atoms with E-state index in [2.05, 4.69) is 50.4 Å². The van der Waals surface area contributed by atoms with Gasteiger partial charge in [-0.15, -0.1) is 0 Å². The van der Waals surface area contributed by atoms with Crippen LogP contribution in [0.2, 0.25) is 0 Å². The lowest BCUT2D eigenvalue weighted by molar-refractivity contribution is -0.137. The van der Waals surface area contributed by atoms with Crippen molar-refractivity contribution >= 4 is 28.8 Å². The van der Waals surface area contributed by atoms with Crippen LogP contribution >= 0.6 is 0 Å². The minimum Gasteiger partial charge on any atom is -0.379 e. The first-order valence-electron chi connectivity index (χ1n) is 15.9. The lowest BCUT2D eigenvalue weighted by atomic mass is 9.90. The molecule has 7 rings (SSSR count). The zero-order chi connectivity index (χ0) is 30.6. The second-order valence-corrected chi connectivity index (χ2v) is 12.0. The predicted molar refractivity (Wildman–Crippen MR) is 178 cm³/mol. The summed E-state index contributed by atoms with van der Waals surface area (Å²) in [7, 11) is 0. The van der Waals surface area contributed by atoms with E-state index in [1.165, 1.54) is 11.3 Å². The normalized spacial score (nSPS) is 21.4. The molecule has 230 valence electrons. The van der Waals surface area contributed by atoms with Crippen molar-refractivity contribution in [2.45, 2.75) is 18.5 Å². The molecule has 0 saturated carbocycles. The number of carbonyl (C=O) groups is 2. The summed E-state index contributed by atoms with van der Waals surface area (Å²) in [5, 5.41) is 2.86. The number of anilines is 3. The lowest BCUT2D eigenvalue weighted by Gasteiger charge is -2.37. The highest BCUT2D eigenvalue weighted by molar-refractivity contribution is 6.42. The van der Waals surface area contributed by atoms with Gasteiger partial charge in [-0.1, -0.05) is 54.6 Å². The molecule has 0 spiro atoms. The maximum absolute atomic E-state index is 13.6. The Labute approximate surface area is 264 Å². The van der Waals surface area contributed by atoms with Crippen molar-refractivity contribution in [3.8, 4) is 0 Å². The molecule has 1 N–H and O–H groups in total. The number of benzene rings is 3. The molecule has 0 radical (unpaired) electrons. The summed E-state index contributed by atoms with van der Waals surface area (Å²) in [4.78, 5) is 36.0. The van der Waals surface area contributed by atoms with Gasteiger partial charge in [0.25, 0.3) is 5.91 Å². The van der Waals surface area contributed by atoms with E-state index in [1.807, 2.05) is 83.9 Å². The van der Waals surface area contributed by atoms with Gasteiger partial charge in [0.15, 0.2) is 0 Å². The number of rotatable bonds is 8.